The number of carbonyl (C=O) groups is 1. The van der Waals surface area contributed by atoms with E-state index in [0.29, 0.717) is 18.0 Å². The molecule has 0 aromatic heterocycles. The molecule has 1 aliphatic carbocycles. The molecular formula is C15H18BrClFNO. The molecule has 0 radical (unpaired) electrons. The van der Waals surface area contributed by atoms with Crippen LogP contribution in [0.15, 0.2) is 22.7 Å². The van der Waals surface area contributed by atoms with Gasteiger partial charge in [-0.05, 0) is 40.9 Å². The van der Waals surface area contributed by atoms with Crippen LogP contribution in [0.2, 0.25) is 0 Å². The van der Waals surface area contributed by atoms with Crippen LogP contribution in [0, 0.1) is 5.82 Å². The molecule has 0 aliphatic heterocycles. The molecule has 0 bridgehead atoms. The molecule has 1 amide bonds. The Kier molecular flexibility index (Phi) is 5.85. The summed E-state index contributed by atoms with van der Waals surface area (Å²) in [6, 6.07) is 4.78. The zero-order valence-electron chi connectivity index (χ0n) is 11.2. The monoisotopic (exact) mass is 361 g/mol. The summed E-state index contributed by atoms with van der Waals surface area (Å²) in [5.74, 6) is -0.149. The van der Waals surface area contributed by atoms with E-state index in [1.54, 1.807) is 12.1 Å². The Bertz CT molecular complexity index is 477. The SMILES string of the molecule is O=C(c1cccc(F)c1Br)N(CCCl)C1CCCCC1. The average molecular weight is 363 g/mol. The summed E-state index contributed by atoms with van der Waals surface area (Å²) < 4.78 is 13.8. The molecule has 1 aromatic rings. The largest absolute Gasteiger partial charge is 0.334 e. The third kappa shape index (κ3) is 3.53. The predicted molar refractivity (Wildman–Crippen MR) is 82.7 cm³/mol. The summed E-state index contributed by atoms with van der Waals surface area (Å²) >= 11 is 9.01. The van der Waals surface area contributed by atoms with E-state index in [0.717, 1.165) is 25.7 Å². The Morgan fingerprint density at radius 2 is 2.05 bits per heavy atom. The van der Waals surface area contributed by atoms with Gasteiger partial charge in [0.2, 0.25) is 0 Å². The van der Waals surface area contributed by atoms with Gasteiger partial charge in [0.15, 0.2) is 0 Å². The van der Waals surface area contributed by atoms with Crippen LogP contribution in [0.5, 0.6) is 0 Å². The number of halogens is 3. The standard InChI is InChI=1S/C15H18BrClFNO/c16-14-12(7-4-8-13(14)18)15(20)19(10-9-17)11-5-2-1-3-6-11/h4,7-8,11H,1-3,5-6,9-10H2. The number of hydrogen-bond donors (Lipinski definition) is 0. The van der Waals surface area contributed by atoms with Crippen LogP contribution in [0.3, 0.4) is 0 Å². The van der Waals surface area contributed by atoms with Gasteiger partial charge < -0.3 is 4.90 Å². The van der Waals surface area contributed by atoms with Crippen LogP contribution in [0.25, 0.3) is 0 Å². The number of amides is 1. The molecule has 5 heteroatoms. The Morgan fingerprint density at radius 3 is 2.70 bits per heavy atom. The fourth-order valence-corrected chi connectivity index (χ4v) is 3.37. The molecule has 0 spiro atoms. The highest BCUT2D eigenvalue weighted by atomic mass is 79.9. The van der Waals surface area contributed by atoms with Crippen LogP contribution in [0.1, 0.15) is 42.5 Å². The summed E-state index contributed by atoms with van der Waals surface area (Å²) in [5, 5.41) is 0. The number of carbonyl (C=O) groups excluding carboxylic acids is 1. The van der Waals surface area contributed by atoms with Gasteiger partial charge in [-0.1, -0.05) is 25.3 Å². The minimum Gasteiger partial charge on any atom is -0.334 e. The quantitative estimate of drug-likeness (QED) is 0.717. The summed E-state index contributed by atoms with van der Waals surface area (Å²) in [4.78, 5) is 14.5. The highest BCUT2D eigenvalue weighted by Gasteiger charge is 2.27. The van der Waals surface area contributed by atoms with E-state index < -0.39 is 5.82 Å². The second-order valence-corrected chi connectivity index (χ2v) is 6.25. The maximum absolute atomic E-state index is 13.6. The van der Waals surface area contributed by atoms with E-state index in [1.165, 1.54) is 12.5 Å². The second kappa shape index (κ2) is 7.41. The van der Waals surface area contributed by atoms with Gasteiger partial charge >= 0.3 is 0 Å². The molecular weight excluding hydrogens is 345 g/mol. The lowest BCUT2D eigenvalue weighted by molar-refractivity contribution is 0.0648. The van der Waals surface area contributed by atoms with Gasteiger partial charge in [0.25, 0.3) is 5.91 Å². The van der Waals surface area contributed by atoms with Crippen molar-refractivity contribution in [2.75, 3.05) is 12.4 Å². The molecule has 2 rings (SSSR count). The Labute approximate surface area is 132 Å². The molecule has 0 unspecified atom stereocenters. The minimum absolute atomic E-state index is 0.135. The van der Waals surface area contributed by atoms with E-state index in [9.17, 15) is 9.18 Å². The lowest BCUT2D eigenvalue weighted by Crippen LogP contribution is -2.42. The van der Waals surface area contributed by atoms with E-state index in [4.69, 9.17) is 11.6 Å². The summed E-state index contributed by atoms with van der Waals surface area (Å²) in [6.07, 6.45) is 5.52. The number of benzene rings is 1. The highest BCUT2D eigenvalue weighted by molar-refractivity contribution is 9.10. The number of hydrogen-bond acceptors (Lipinski definition) is 1. The Balaban J connectivity index is 2.23. The van der Waals surface area contributed by atoms with Crippen LogP contribution in [-0.4, -0.2) is 29.3 Å². The first kappa shape index (κ1) is 15.8. The van der Waals surface area contributed by atoms with Crippen molar-refractivity contribution in [2.24, 2.45) is 0 Å². The van der Waals surface area contributed by atoms with Gasteiger partial charge in [-0.3, -0.25) is 4.79 Å². The summed E-state index contributed by atoms with van der Waals surface area (Å²) in [6.45, 7) is 0.508. The summed E-state index contributed by atoms with van der Waals surface area (Å²) in [5.41, 5.74) is 0.376. The number of alkyl halides is 1. The molecule has 1 aromatic carbocycles. The molecule has 2 nitrogen and oxygen atoms in total. The predicted octanol–water partition coefficient (Wildman–Crippen LogP) is 4.60. The third-order valence-electron chi connectivity index (χ3n) is 3.78. The normalized spacial score (nSPS) is 16.1. The van der Waals surface area contributed by atoms with Crippen molar-refractivity contribution >= 4 is 33.4 Å². The van der Waals surface area contributed by atoms with Gasteiger partial charge in [0.1, 0.15) is 5.82 Å². The molecule has 0 saturated heterocycles. The second-order valence-electron chi connectivity index (χ2n) is 5.08. The van der Waals surface area contributed by atoms with E-state index in [-0.39, 0.29) is 16.4 Å². The first-order valence-electron chi connectivity index (χ1n) is 6.96. The molecule has 1 saturated carbocycles. The average Bonchev–Trinajstić information content (AvgIpc) is 2.48. The zero-order chi connectivity index (χ0) is 14.5. The van der Waals surface area contributed by atoms with E-state index in [1.807, 2.05) is 4.90 Å². The molecule has 0 N–H and O–H groups in total. The third-order valence-corrected chi connectivity index (χ3v) is 4.76. The van der Waals surface area contributed by atoms with Crippen molar-refractivity contribution in [1.82, 2.24) is 4.90 Å². The Morgan fingerprint density at radius 1 is 1.35 bits per heavy atom. The van der Waals surface area contributed by atoms with E-state index in [2.05, 4.69) is 15.9 Å². The zero-order valence-corrected chi connectivity index (χ0v) is 13.6. The van der Waals surface area contributed by atoms with Crippen molar-refractivity contribution < 1.29 is 9.18 Å². The molecule has 1 fully saturated rings. The molecule has 1 aliphatic rings. The van der Waals surface area contributed by atoms with Crippen molar-refractivity contribution in [3.05, 3.63) is 34.1 Å². The van der Waals surface area contributed by atoms with Crippen LogP contribution in [-0.2, 0) is 0 Å². The lowest BCUT2D eigenvalue weighted by Gasteiger charge is -2.34. The molecule has 0 heterocycles. The first-order chi connectivity index (χ1) is 9.65. The fraction of sp³-hybridized carbons (Fsp3) is 0.533. The molecule has 0 atom stereocenters. The first-order valence-corrected chi connectivity index (χ1v) is 8.29. The topological polar surface area (TPSA) is 20.3 Å². The Hall–Kier alpha value is -0.610. The lowest BCUT2D eigenvalue weighted by atomic mass is 9.93. The highest BCUT2D eigenvalue weighted by Crippen LogP contribution is 2.27. The fourth-order valence-electron chi connectivity index (χ4n) is 2.76. The summed E-state index contributed by atoms with van der Waals surface area (Å²) in [7, 11) is 0. The maximum Gasteiger partial charge on any atom is 0.255 e. The van der Waals surface area contributed by atoms with Crippen LogP contribution >= 0.6 is 27.5 Å². The minimum atomic E-state index is -0.412. The number of rotatable bonds is 4. The van der Waals surface area contributed by atoms with Crippen LogP contribution < -0.4 is 0 Å². The van der Waals surface area contributed by atoms with Gasteiger partial charge in [-0.15, -0.1) is 11.6 Å². The van der Waals surface area contributed by atoms with E-state index >= 15 is 0 Å². The van der Waals surface area contributed by atoms with Crippen molar-refractivity contribution in [1.29, 1.82) is 0 Å². The van der Waals surface area contributed by atoms with Crippen molar-refractivity contribution in [3.63, 3.8) is 0 Å². The van der Waals surface area contributed by atoms with Crippen LogP contribution in [0.4, 0.5) is 4.39 Å². The smallest absolute Gasteiger partial charge is 0.255 e. The van der Waals surface area contributed by atoms with Gasteiger partial charge in [-0.25, -0.2) is 4.39 Å². The van der Waals surface area contributed by atoms with Gasteiger partial charge in [-0.2, -0.15) is 0 Å². The maximum atomic E-state index is 13.6. The van der Waals surface area contributed by atoms with Gasteiger partial charge in [0.05, 0.1) is 10.0 Å². The molecule has 20 heavy (non-hydrogen) atoms. The van der Waals surface area contributed by atoms with Crippen molar-refractivity contribution in [3.8, 4) is 0 Å². The molecule has 110 valence electrons. The van der Waals surface area contributed by atoms with Gasteiger partial charge in [0, 0.05) is 18.5 Å². The number of nitrogens with zero attached hydrogens (tertiary/aromatic N) is 1. The van der Waals surface area contributed by atoms with Crippen molar-refractivity contribution in [2.45, 2.75) is 38.1 Å².